The fourth-order valence-electron chi connectivity index (χ4n) is 2.86. The molecule has 11 heteroatoms. The van der Waals surface area contributed by atoms with Crippen molar-refractivity contribution < 1.29 is 14.3 Å². The van der Waals surface area contributed by atoms with E-state index in [9.17, 15) is 9.59 Å². The summed E-state index contributed by atoms with van der Waals surface area (Å²) in [6.07, 6.45) is 0.593. The summed E-state index contributed by atoms with van der Waals surface area (Å²) >= 11 is 17.1. The minimum absolute atomic E-state index is 0.100. The molecule has 0 spiro atoms. The minimum atomic E-state index is -0.436. The van der Waals surface area contributed by atoms with Gasteiger partial charge >= 0.3 is 0 Å². The number of ether oxygens (including phenoxy) is 1. The van der Waals surface area contributed by atoms with Crippen molar-refractivity contribution in [1.82, 2.24) is 25.6 Å². The van der Waals surface area contributed by atoms with Crippen LogP contribution in [0.15, 0.2) is 42.5 Å². The van der Waals surface area contributed by atoms with E-state index in [1.807, 2.05) is 31.2 Å². The molecule has 2 amide bonds. The van der Waals surface area contributed by atoms with Gasteiger partial charge in [0, 0.05) is 17.0 Å². The van der Waals surface area contributed by atoms with E-state index in [2.05, 4.69) is 21.0 Å². The third-order valence-corrected chi connectivity index (χ3v) is 5.22. The zero-order valence-corrected chi connectivity index (χ0v) is 19.5. The van der Waals surface area contributed by atoms with Crippen LogP contribution in [0.3, 0.4) is 0 Å². The van der Waals surface area contributed by atoms with Crippen molar-refractivity contribution in [3.8, 4) is 17.1 Å². The summed E-state index contributed by atoms with van der Waals surface area (Å²) in [6.45, 7) is 2.15. The number of H-pyrrole nitrogens is 1. The van der Waals surface area contributed by atoms with Crippen LogP contribution in [0, 0.1) is 11.7 Å². The Morgan fingerprint density at radius 1 is 1.16 bits per heavy atom. The number of aryl methyl sites for hydroxylation is 1. The molecular weight excluding hydrogens is 473 g/mol. The maximum Gasteiger partial charge on any atom is 0.258 e. The smallest absolute Gasteiger partial charge is 0.258 e. The topological polar surface area (TPSA) is 101 Å². The van der Waals surface area contributed by atoms with Gasteiger partial charge in [0.2, 0.25) is 5.91 Å². The number of hydrazine groups is 1. The molecule has 0 atom stereocenters. The molecular formula is C21H21Cl2N5O3S. The largest absolute Gasteiger partial charge is 0.492 e. The van der Waals surface area contributed by atoms with E-state index in [0.717, 1.165) is 11.1 Å². The third-order valence-electron chi connectivity index (χ3n) is 4.38. The lowest BCUT2D eigenvalue weighted by molar-refractivity contribution is -0.129. The predicted octanol–water partition coefficient (Wildman–Crippen LogP) is 4.23. The molecule has 3 aromatic rings. The Balaban J connectivity index is 1.45. The van der Waals surface area contributed by atoms with E-state index in [4.69, 9.17) is 40.2 Å². The highest BCUT2D eigenvalue weighted by molar-refractivity contribution is 7.71. The van der Waals surface area contributed by atoms with Crippen LogP contribution in [0.25, 0.3) is 11.4 Å². The monoisotopic (exact) mass is 493 g/mol. The van der Waals surface area contributed by atoms with Crippen LogP contribution in [-0.4, -0.2) is 33.2 Å². The van der Waals surface area contributed by atoms with Crippen LogP contribution in [0.4, 0.5) is 0 Å². The number of carbonyl (C=O) groups excluding carboxylic acids is 2. The zero-order chi connectivity index (χ0) is 23.1. The predicted molar refractivity (Wildman–Crippen MR) is 125 cm³/mol. The molecule has 32 heavy (non-hydrogen) atoms. The van der Waals surface area contributed by atoms with Crippen LogP contribution >= 0.6 is 35.4 Å². The van der Waals surface area contributed by atoms with Crippen molar-refractivity contribution in [3.05, 3.63) is 62.8 Å². The van der Waals surface area contributed by atoms with Crippen molar-refractivity contribution in [3.63, 3.8) is 0 Å². The van der Waals surface area contributed by atoms with Crippen LogP contribution in [-0.2, 0) is 16.1 Å². The molecule has 2 aromatic carbocycles. The number of nitrogens with one attached hydrogen (secondary N) is 3. The number of carbonyl (C=O) groups is 2. The second-order valence-electron chi connectivity index (χ2n) is 6.93. The highest BCUT2D eigenvalue weighted by atomic mass is 35.5. The first kappa shape index (κ1) is 23.8. The van der Waals surface area contributed by atoms with Gasteiger partial charge in [-0.2, -0.15) is 5.10 Å². The lowest BCUT2D eigenvalue weighted by Crippen LogP contribution is -2.43. The van der Waals surface area contributed by atoms with Gasteiger partial charge in [0.1, 0.15) is 12.3 Å². The zero-order valence-electron chi connectivity index (χ0n) is 17.2. The molecule has 0 aliphatic carbocycles. The van der Waals surface area contributed by atoms with Gasteiger partial charge in [0.15, 0.2) is 10.6 Å². The average molecular weight is 494 g/mol. The number of rotatable bonds is 8. The summed E-state index contributed by atoms with van der Waals surface area (Å²) in [6, 6.07) is 12.6. The summed E-state index contributed by atoms with van der Waals surface area (Å²) in [7, 11) is 0. The van der Waals surface area contributed by atoms with Gasteiger partial charge in [-0.15, -0.1) is 0 Å². The average Bonchev–Trinajstić information content (AvgIpc) is 3.11. The molecule has 3 rings (SSSR count). The van der Waals surface area contributed by atoms with Crippen LogP contribution in [0.5, 0.6) is 5.75 Å². The summed E-state index contributed by atoms with van der Waals surface area (Å²) in [5.41, 5.74) is 6.66. The number of hydrogen-bond acceptors (Lipinski definition) is 5. The molecule has 8 nitrogen and oxygen atoms in total. The quantitative estimate of drug-likeness (QED) is 0.247. The molecule has 0 fully saturated rings. The second-order valence-corrected chi connectivity index (χ2v) is 8.16. The molecule has 0 aliphatic heterocycles. The van der Waals surface area contributed by atoms with E-state index >= 15 is 0 Å². The van der Waals surface area contributed by atoms with Crippen molar-refractivity contribution in [1.29, 1.82) is 0 Å². The molecule has 0 saturated heterocycles. The standard InChI is InChI=1S/C21H21Cl2N5O3S/c1-13-4-2-5-14(10-13)20-26-27-21(32)28(20)12-19(30)25-24-18(29)6-3-9-31-17-8-7-15(22)11-16(17)23/h2,4-5,7-8,10-11H,3,6,9,12H2,1H3,(H,24,29)(H,25,30)(H,27,32). The maximum atomic E-state index is 12.3. The molecule has 0 saturated carbocycles. The Kier molecular flexibility index (Phi) is 8.26. The minimum Gasteiger partial charge on any atom is -0.492 e. The first-order valence-electron chi connectivity index (χ1n) is 9.71. The Bertz CT molecular complexity index is 1180. The number of halogens is 2. The van der Waals surface area contributed by atoms with Gasteiger partial charge in [0.25, 0.3) is 5.91 Å². The van der Waals surface area contributed by atoms with Gasteiger partial charge in [-0.3, -0.25) is 30.1 Å². The first-order valence-corrected chi connectivity index (χ1v) is 10.9. The van der Waals surface area contributed by atoms with Crippen molar-refractivity contribution in [2.24, 2.45) is 0 Å². The SMILES string of the molecule is Cc1cccc(-c2n[nH]c(=S)n2CC(=O)NNC(=O)CCCOc2ccc(Cl)cc2Cl)c1. The summed E-state index contributed by atoms with van der Waals surface area (Å²) in [4.78, 5) is 24.3. The van der Waals surface area contributed by atoms with Gasteiger partial charge in [-0.05, 0) is 49.8 Å². The fourth-order valence-corrected chi connectivity index (χ4v) is 3.52. The number of amides is 2. The summed E-state index contributed by atoms with van der Waals surface area (Å²) in [5.74, 6) is 0.247. The molecule has 0 bridgehead atoms. The van der Waals surface area contributed by atoms with Crippen molar-refractivity contribution >= 4 is 47.2 Å². The number of aromatic nitrogens is 3. The number of hydrogen-bond donors (Lipinski definition) is 3. The summed E-state index contributed by atoms with van der Waals surface area (Å²) in [5, 5.41) is 7.82. The Morgan fingerprint density at radius 2 is 1.94 bits per heavy atom. The molecule has 0 aliphatic rings. The lowest BCUT2D eigenvalue weighted by Gasteiger charge is -2.10. The maximum absolute atomic E-state index is 12.3. The second kappa shape index (κ2) is 11.1. The van der Waals surface area contributed by atoms with Crippen LogP contribution < -0.4 is 15.6 Å². The van der Waals surface area contributed by atoms with Gasteiger partial charge in [-0.25, -0.2) is 0 Å². The molecule has 1 aromatic heterocycles. The Hall–Kier alpha value is -2.88. The van der Waals surface area contributed by atoms with Crippen molar-refractivity contribution in [2.75, 3.05) is 6.61 Å². The number of nitrogens with zero attached hydrogens (tertiary/aromatic N) is 2. The van der Waals surface area contributed by atoms with Crippen LogP contribution in [0.2, 0.25) is 10.0 Å². The van der Waals surface area contributed by atoms with Gasteiger partial charge < -0.3 is 4.74 Å². The molecule has 168 valence electrons. The first-order chi connectivity index (χ1) is 15.3. The molecule has 3 N–H and O–H groups in total. The highest BCUT2D eigenvalue weighted by Gasteiger charge is 2.13. The van der Waals surface area contributed by atoms with E-state index in [1.54, 1.807) is 22.8 Å². The number of benzene rings is 2. The van der Waals surface area contributed by atoms with Gasteiger partial charge in [-0.1, -0.05) is 47.0 Å². The summed E-state index contributed by atoms with van der Waals surface area (Å²) < 4.78 is 7.40. The Morgan fingerprint density at radius 3 is 2.69 bits per heavy atom. The fraction of sp³-hybridized carbons (Fsp3) is 0.238. The third kappa shape index (κ3) is 6.56. The van der Waals surface area contributed by atoms with E-state index in [0.29, 0.717) is 32.8 Å². The normalized spacial score (nSPS) is 10.6. The van der Waals surface area contributed by atoms with E-state index < -0.39 is 5.91 Å². The molecule has 0 unspecified atom stereocenters. The van der Waals surface area contributed by atoms with Crippen molar-refractivity contribution in [2.45, 2.75) is 26.3 Å². The van der Waals surface area contributed by atoms with E-state index in [1.165, 1.54) is 0 Å². The lowest BCUT2D eigenvalue weighted by atomic mass is 10.1. The molecule has 0 radical (unpaired) electrons. The highest BCUT2D eigenvalue weighted by Crippen LogP contribution is 2.27. The van der Waals surface area contributed by atoms with E-state index in [-0.39, 0.29) is 25.5 Å². The Labute approximate surface area is 199 Å². The van der Waals surface area contributed by atoms with Gasteiger partial charge in [0.05, 0.1) is 11.6 Å². The molecule has 1 heterocycles. The van der Waals surface area contributed by atoms with Crippen LogP contribution in [0.1, 0.15) is 18.4 Å². The number of aromatic amines is 1.